The van der Waals surface area contributed by atoms with Crippen LogP contribution in [-0.4, -0.2) is 65.5 Å². The van der Waals surface area contributed by atoms with Crippen molar-refractivity contribution in [3.05, 3.63) is 0 Å². The number of nitrogens with zero attached hydrogens (tertiary/aromatic N) is 3. The van der Waals surface area contributed by atoms with E-state index in [1.807, 2.05) is 9.80 Å². The van der Waals surface area contributed by atoms with Gasteiger partial charge >= 0.3 is 6.03 Å². The number of unbranched alkanes of at least 4 members (excludes halogenated alkanes) is 1. The smallest absolute Gasteiger partial charge is 0.320 e. The van der Waals surface area contributed by atoms with E-state index in [1.165, 1.54) is 19.4 Å². The molecule has 0 aromatic heterocycles. The van der Waals surface area contributed by atoms with Crippen molar-refractivity contribution in [2.75, 3.05) is 32.7 Å². The topological polar surface area (TPSA) is 26.8 Å². The molecule has 0 N–H and O–H groups in total. The maximum Gasteiger partial charge on any atom is 0.320 e. The van der Waals surface area contributed by atoms with Crippen LogP contribution >= 0.6 is 0 Å². The summed E-state index contributed by atoms with van der Waals surface area (Å²) in [6, 6.07) is 0.747. The monoisotopic (exact) mass is 269 g/mol. The van der Waals surface area contributed by atoms with Crippen LogP contribution in [0.2, 0.25) is 0 Å². The second kappa shape index (κ2) is 7.73. The van der Waals surface area contributed by atoms with Crippen molar-refractivity contribution in [3.63, 3.8) is 0 Å². The molecule has 1 aliphatic rings. The van der Waals surface area contributed by atoms with Crippen LogP contribution in [0.25, 0.3) is 0 Å². The summed E-state index contributed by atoms with van der Waals surface area (Å²) in [5.74, 6) is 0. The van der Waals surface area contributed by atoms with Crippen LogP contribution in [0.1, 0.15) is 47.5 Å². The number of piperazine rings is 1. The molecule has 0 unspecified atom stereocenters. The summed E-state index contributed by atoms with van der Waals surface area (Å²) in [6.07, 6.45) is 2.51. The summed E-state index contributed by atoms with van der Waals surface area (Å²) in [5.41, 5.74) is 0. The summed E-state index contributed by atoms with van der Waals surface area (Å²) in [5, 5.41) is 0. The van der Waals surface area contributed by atoms with Crippen molar-refractivity contribution in [2.45, 2.75) is 59.5 Å². The van der Waals surface area contributed by atoms with Crippen molar-refractivity contribution in [2.24, 2.45) is 0 Å². The largest absolute Gasteiger partial charge is 0.322 e. The third kappa shape index (κ3) is 4.68. The zero-order valence-electron chi connectivity index (χ0n) is 13.4. The van der Waals surface area contributed by atoms with Crippen LogP contribution in [0.4, 0.5) is 4.79 Å². The minimum Gasteiger partial charge on any atom is -0.322 e. The molecule has 19 heavy (non-hydrogen) atoms. The van der Waals surface area contributed by atoms with Gasteiger partial charge in [-0.15, -0.1) is 0 Å². The first-order valence-electron chi connectivity index (χ1n) is 7.77. The maximum absolute atomic E-state index is 12.5. The Morgan fingerprint density at radius 1 is 1.05 bits per heavy atom. The fraction of sp³-hybridized carbons (Fsp3) is 0.933. The SMILES string of the molecule is CCCCN1CCN(C(=O)N(C(C)C)C(C)C)CC1. The van der Waals surface area contributed by atoms with Crippen LogP contribution in [-0.2, 0) is 0 Å². The van der Waals surface area contributed by atoms with Gasteiger partial charge in [0.05, 0.1) is 0 Å². The van der Waals surface area contributed by atoms with Gasteiger partial charge in [0, 0.05) is 38.3 Å². The Hall–Kier alpha value is -0.770. The molecule has 0 saturated carbocycles. The number of carbonyl (C=O) groups is 1. The van der Waals surface area contributed by atoms with Gasteiger partial charge in [-0.1, -0.05) is 13.3 Å². The van der Waals surface area contributed by atoms with Gasteiger partial charge in [0.25, 0.3) is 0 Å². The van der Waals surface area contributed by atoms with Gasteiger partial charge in [0.2, 0.25) is 0 Å². The standard InChI is InChI=1S/C15H31N3O/c1-6-7-8-16-9-11-17(12-10-16)15(19)18(13(2)3)14(4)5/h13-14H,6-12H2,1-5H3. The highest BCUT2D eigenvalue weighted by Crippen LogP contribution is 2.12. The molecule has 4 heteroatoms. The lowest BCUT2D eigenvalue weighted by atomic mass is 10.2. The van der Waals surface area contributed by atoms with Crippen molar-refractivity contribution < 1.29 is 4.79 Å². The minimum atomic E-state index is 0.208. The highest BCUT2D eigenvalue weighted by atomic mass is 16.2. The van der Waals surface area contributed by atoms with Crippen molar-refractivity contribution >= 4 is 6.03 Å². The average molecular weight is 269 g/mol. The molecule has 0 aliphatic carbocycles. The van der Waals surface area contributed by atoms with E-state index in [2.05, 4.69) is 39.5 Å². The molecule has 0 aromatic carbocycles. The molecule has 1 saturated heterocycles. The second-order valence-electron chi connectivity index (χ2n) is 6.06. The van der Waals surface area contributed by atoms with Gasteiger partial charge in [0.15, 0.2) is 0 Å². The lowest BCUT2D eigenvalue weighted by Crippen LogP contribution is -2.55. The molecular formula is C15H31N3O. The lowest BCUT2D eigenvalue weighted by molar-refractivity contribution is 0.0942. The highest BCUT2D eigenvalue weighted by Gasteiger charge is 2.27. The fourth-order valence-electron chi connectivity index (χ4n) is 2.75. The van der Waals surface area contributed by atoms with Gasteiger partial charge in [-0.2, -0.15) is 0 Å². The summed E-state index contributed by atoms with van der Waals surface area (Å²) < 4.78 is 0. The molecule has 0 radical (unpaired) electrons. The third-order valence-corrected chi connectivity index (χ3v) is 3.80. The van der Waals surface area contributed by atoms with E-state index in [0.29, 0.717) is 0 Å². The van der Waals surface area contributed by atoms with E-state index in [9.17, 15) is 4.79 Å². The van der Waals surface area contributed by atoms with Gasteiger partial charge in [-0.25, -0.2) is 4.79 Å². The molecule has 1 aliphatic heterocycles. The summed E-state index contributed by atoms with van der Waals surface area (Å²) in [6.45, 7) is 15.6. The predicted molar refractivity (Wildman–Crippen MR) is 80.4 cm³/mol. The zero-order valence-corrected chi connectivity index (χ0v) is 13.4. The number of rotatable bonds is 5. The first-order valence-corrected chi connectivity index (χ1v) is 7.77. The van der Waals surface area contributed by atoms with Crippen LogP contribution < -0.4 is 0 Å². The van der Waals surface area contributed by atoms with E-state index >= 15 is 0 Å². The quantitative estimate of drug-likeness (QED) is 0.767. The van der Waals surface area contributed by atoms with Crippen LogP contribution in [0.5, 0.6) is 0 Å². The Morgan fingerprint density at radius 2 is 1.58 bits per heavy atom. The Kier molecular flexibility index (Phi) is 6.63. The molecule has 2 amide bonds. The molecule has 1 heterocycles. The molecule has 1 fully saturated rings. The number of amides is 2. The summed E-state index contributed by atoms with van der Waals surface area (Å²) >= 11 is 0. The molecule has 0 atom stereocenters. The Balaban J connectivity index is 2.47. The van der Waals surface area contributed by atoms with E-state index in [1.54, 1.807) is 0 Å². The first-order chi connectivity index (χ1) is 8.97. The first kappa shape index (κ1) is 16.3. The van der Waals surface area contributed by atoms with Crippen LogP contribution in [0, 0.1) is 0 Å². The van der Waals surface area contributed by atoms with E-state index in [4.69, 9.17) is 0 Å². The zero-order chi connectivity index (χ0) is 14.4. The molecule has 4 nitrogen and oxygen atoms in total. The summed E-state index contributed by atoms with van der Waals surface area (Å²) in [7, 11) is 0. The van der Waals surface area contributed by atoms with E-state index < -0.39 is 0 Å². The van der Waals surface area contributed by atoms with Crippen molar-refractivity contribution in [1.82, 2.24) is 14.7 Å². The lowest BCUT2D eigenvalue weighted by Gasteiger charge is -2.40. The third-order valence-electron chi connectivity index (χ3n) is 3.80. The molecule has 0 aromatic rings. The van der Waals surface area contributed by atoms with E-state index in [-0.39, 0.29) is 18.1 Å². The van der Waals surface area contributed by atoms with Gasteiger partial charge in [-0.3, -0.25) is 4.90 Å². The number of carbonyl (C=O) groups excluding carboxylic acids is 1. The Bertz CT molecular complexity index is 263. The van der Waals surface area contributed by atoms with E-state index in [0.717, 1.165) is 26.2 Å². The van der Waals surface area contributed by atoms with Crippen molar-refractivity contribution in [1.29, 1.82) is 0 Å². The molecule has 0 spiro atoms. The Morgan fingerprint density at radius 3 is 2.00 bits per heavy atom. The normalized spacial score (nSPS) is 17.3. The fourth-order valence-corrected chi connectivity index (χ4v) is 2.75. The van der Waals surface area contributed by atoms with Crippen molar-refractivity contribution in [3.8, 4) is 0 Å². The van der Waals surface area contributed by atoms with Crippen LogP contribution in [0.3, 0.4) is 0 Å². The predicted octanol–water partition coefficient (Wildman–Crippen LogP) is 2.64. The molecular weight excluding hydrogens is 238 g/mol. The van der Waals surface area contributed by atoms with Crippen LogP contribution in [0.15, 0.2) is 0 Å². The second-order valence-corrected chi connectivity index (χ2v) is 6.06. The Labute approximate surface area is 118 Å². The number of hydrogen-bond donors (Lipinski definition) is 0. The van der Waals surface area contributed by atoms with Gasteiger partial charge in [0.1, 0.15) is 0 Å². The molecule has 112 valence electrons. The average Bonchev–Trinajstić information content (AvgIpc) is 2.36. The van der Waals surface area contributed by atoms with Gasteiger partial charge < -0.3 is 9.80 Å². The molecule has 1 rings (SSSR count). The number of urea groups is 1. The summed E-state index contributed by atoms with van der Waals surface area (Å²) in [4.78, 5) is 19.0. The molecule has 0 bridgehead atoms. The highest BCUT2D eigenvalue weighted by molar-refractivity contribution is 5.75. The minimum absolute atomic E-state index is 0.208. The van der Waals surface area contributed by atoms with Gasteiger partial charge in [-0.05, 0) is 40.7 Å². The number of hydrogen-bond acceptors (Lipinski definition) is 2. The maximum atomic E-state index is 12.5.